The summed E-state index contributed by atoms with van der Waals surface area (Å²) in [5.74, 6) is -0.0865. The molecule has 2 fully saturated rings. The summed E-state index contributed by atoms with van der Waals surface area (Å²) >= 11 is 0. The van der Waals surface area contributed by atoms with Crippen LogP contribution in [0.15, 0.2) is 24.3 Å². The summed E-state index contributed by atoms with van der Waals surface area (Å²) < 4.78 is 5.10. The zero-order valence-electron chi connectivity index (χ0n) is 13.6. The van der Waals surface area contributed by atoms with E-state index in [4.69, 9.17) is 4.74 Å². The van der Waals surface area contributed by atoms with Crippen LogP contribution in [-0.4, -0.2) is 41.9 Å². The van der Waals surface area contributed by atoms with Crippen molar-refractivity contribution in [3.05, 3.63) is 24.3 Å². The molecule has 7 nitrogen and oxygen atoms in total. The first-order valence-corrected chi connectivity index (χ1v) is 8.12. The molecule has 3 rings (SSSR count). The second-order valence-corrected chi connectivity index (χ2v) is 6.24. The molecule has 4 amide bonds. The van der Waals surface area contributed by atoms with Crippen molar-refractivity contribution in [2.45, 2.75) is 37.6 Å². The van der Waals surface area contributed by atoms with Gasteiger partial charge in [0.1, 0.15) is 17.8 Å². The summed E-state index contributed by atoms with van der Waals surface area (Å²) in [7, 11) is 1.54. The first-order valence-electron chi connectivity index (χ1n) is 8.12. The van der Waals surface area contributed by atoms with E-state index in [1.54, 1.807) is 24.3 Å². The van der Waals surface area contributed by atoms with Crippen LogP contribution in [-0.2, 0) is 9.59 Å². The summed E-state index contributed by atoms with van der Waals surface area (Å²) in [5.41, 5.74) is -0.246. The zero-order valence-corrected chi connectivity index (χ0v) is 13.6. The second-order valence-electron chi connectivity index (χ2n) is 6.24. The van der Waals surface area contributed by atoms with Crippen molar-refractivity contribution in [3.63, 3.8) is 0 Å². The number of hydrogen-bond donors (Lipinski definition) is 2. The number of anilines is 1. The number of hydrogen-bond acceptors (Lipinski definition) is 4. The fourth-order valence-corrected chi connectivity index (χ4v) is 3.36. The minimum atomic E-state index is -0.800. The molecule has 0 bridgehead atoms. The summed E-state index contributed by atoms with van der Waals surface area (Å²) in [6, 6.07) is 6.42. The van der Waals surface area contributed by atoms with E-state index in [2.05, 4.69) is 10.6 Å². The highest BCUT2D eigenvalue weighted by molar-refractivity contribution is 6.10. The van der Waals surface area contributed by atoms with E-state index in [0.717, 1.165) is 24.2 Å². The first kappa shape index (κ1) is 16.3. The zero-order chi connectivity index (χ0) is 17.2. The maximum atomic E-state index is 12.6. The Kier molecular flexibility index (Phi) is 4.42. The van der Waals surface area contributed by atoms with Gasteiger partial charge in [0.05, 0.1) is 7.11 Å². The Morgan fingerprint density at radius 2 is 2.04 bits per heavy atom. The van der Waals surface area contributed by atoms with Gasteiger partial charge in [0.25, 0.3) is 5.91 Å². The van der Waals surface area contributed by atoms with E-state index >= 15 is 0 Å². The third kappa shape index (κ3) is 3.06. The summed E-state index contributed by atoms with van der Waals surface area (Å²) in [5, 5.41) is 5.48. The van der Waals surface area contributed by atoms with Gasteiger partial charge in [-0.3, -0.25) is 14.5 Å². The SMILES string of the molecule is COc1cccc(NC(=O)CN2C(=O)NC3(CCCCC3)C2=O)c1. The fraction of sp³-hybridized carbons (Fsp3) is 0.471. The lowest BCUT2D eigenvalue weighted by molar-refractivity contribution is -0.134. The number of carbonyl (C=O) groups excluding carboxylic acids is 3. The van der Waals surface area contributed by atoms with Gasteiger partial charge in [0.2, 0.25) is 5.91 Å². The summed E-state index contributed by atoms with van der Waals surface area (Å²) in [4.78, 5) is 38.0. The van der Waals surface area contributed by atoms with E-state index in [0.29, 0.717) is 24.3 Å². The minimum absolute atomic E-state index is 0.284. The van der Waals surface area contributed by atoms with Gasteiger partial charge >= 0.3 is 6.03 Å². The molecule has 0 unspecified atom stereocenters. The Labute approximate surface area is 140 Å². The van der Waals surface area contributed by atoms with Crippen LogP contribution in [0.25, 0.3) is 0 Å². The molecule has 1 saturated carbocycles. The molecule has 1 aromatic rings. The predicted molar refractivity (Wildman–Crippen MR) is 87.7 cm³/mol. The largest absolute Gasteiger partial charge is 0.497 e. The Bertz CT molecular complexity index is 668. The number of benzene rings is 1. The van der Waals surface area contributed by atoms with Crippen LogP contribution in [0, 0.1) is 0 Å². The number of rotatable bonds is 4. The highest BCUT2D eigenvalue weighted by atomic mass is 16.5. The predicted octanol–water partition coefficient (Wildman–Crippen LogP) is 1.89. The lowest BCUT2D eigenvalue weighted by atomic mass is 9.82. The van der Waals surface area contributed by atoms with Gasteiger partial charge in [-0.25, -0.2) is 4.79 Å². The third-order valence-corrected chi connectivity index (χ3v) is 4.61. The Balaban J connectivity index is 1.65. The highest BCUT2D eigenvalue weighted by Gasteiger charge is 2.51. The lowest BCUT2D eigenvalue weighted by Crippen LogP contribution is -2.48. The number of amides is 4. The molecule has 2 N–H and O–H groups in total. The molecule has 1 aliphatic heterocycles. The van der Waals surface area contributed by atoms with Gasteiger partial charge in [0.15, 0.2) is 0 Å². The van der Waals surface area contributed by atoms with E-state index < -0.39 is 17.5 Å². The van der Waals surface area contributed by atoms with Gasteiger partial charge in [-0.15, -0.1) is 0 Å². The molecule has 0 atom stereocenters. The second kappa shape index (κ2) is 6.51. The van der Waals surface area contributed by atoms with Crippen LogP contribution in [0.4, 0.5) is 10.5 Å². The number of ether oxygens (including phenoxy) is 1. The van der Waals surface area contributed by atoms with Crippen molar-refractivity contribution in [2.24, 2.45) is 0 Å². The van der Waals surface area contributed by atoms with Gasteiger partial charge in [0, 0.05) is 11.8 Å². The van der Waals surface area contributed by atoms with Crippen LogP contribution < -0.4 is 15.4 Å². The highest BCUT2D eigenvalue weighted by Crippen LogP contribution is 2.33. The topological polar surface area (TPSA) is 87.7 Å². The Morgan fingerprint density at radius 1 is 1.29 bits per heavy atom. The number of urea groups is 1. The molecule has 1 aromatic carbocycles. The molecule has 1 saturated heterocycles. The van der Waals surface area contributed by atoms with Gasteiger partial charge < -0.3 is 15.4 Å². The van der Waals surface area contributed by atoms with Gasteiger partial charge in [-0.05, 0) is 25.0 Å². The van der Waals surface area contributed by atoms with E-state index in [1.807, 2.05) is 0 Å². The van der Waals surface area contributed by atoms with Gasteiger partial charge in [-0.1, -0.05) is 25.3 Å². The smallest absolute Gasteiger partial charge is 0.325 e. The molecule has 24 heavy (non-hydrogen) atoms. The fourth-order valence-electron chi connectivity index (χ4n) is 3.36. The van der Waals surface area contributed by atoms with Crippen molar-refractivity contribution in [1.82, 2.24) is 10.2 Å². The van der Waals surface area contributed by atoms with Crippen LogP contribution in [0.2, 0.25) is 0 Å². The number of carbonyl (C=O) groups is 3. The number of nitrogens with zero attached hydrogens (tertiary/aromatic N) is 1. The molecule has 1 heterocycles. The molecular formula is C17H21N3O4. The van der Waals surface area contributed by atoms with Crippen LogP contribution in [0.5, 0.6) is 5.75 Å². The average molecular weight is 331 g/mol. The van der Waals surface area contributed by atoms with Crippen LogP contribution >= 0.6 is 0 Å². The standard InChI is InChI=1S/C17H21N3O4/c1-24-13-7-5-6-12(10-13)18-14(21)11-20-15(22)17(19-16(20)23)8-3-2-4-9-17/h5-7,10H,2-4,8-9,11H2,1H3,(H,18,21)(H,19,23). The Hall–Kier alpha value is -2.57. The lowest BCUT2D eigenvalue weighted by Gasteiger charge is -2.30. The molecule has 1 spiro atoms. The number of methoxy groups -OCH3 is 1. The molecular weight excluding hydrogens is 310 g/mol. The third-order valence-electron chi connectivity index (χ3n) is 4.61. The normalized spacial score (nSPS) is 19.3. The Morgan fingerprint density at radius 3 is 2.75 bits per heavy atom. The minimum Gasteiger partial charge on any atom is -0.497 e. The van der Waals surface area contributed by atoms with E-state index in [9.17, 15) is 14.4 Å². The van der Waals surface area contributed by atoms with Crippen molar-refractivity contribution < 1.29 is 19.1 Å². The van der Waals surface area contributed by atoms with Crippen LogP contribution in [0.1, 0.15) is 32.1 Å². The molecule has 2 aliphatic rings. The quantitative estimate of drug-likeness (QED) is 0.825. The molecule has 128 valence electrons. The summed E-state index contributed by atoms with van der Waals surface area (Å²) in [6.45, 7) is -0.288. The molecule has 0 aromatic heterocycles. The van der Waals surface area contributed by atoms with Crippen molar-refractivity contribution in [3.8, 4) is 5.75 Å². The maximum absolute atomic E-state index is 12.6. The molecule has 7 heteroatoms. The average Bonchev–Trinajstić information content (AvgIpc) is 2.80. The molecule has 0 radical (unpaired) electrons. The van der Waals surface area contributed by atoms with Gasteiger partial charge in [-0.2, -0.15) is 0 Å². The summed E-state index contributed by atoms with van der Waals surface area (Å²) in [6.07, 6.45) is 4.18. The van der Waals surface area contributed by atoms with E-state index in [1.165, 1.54) is 7.11 Å². The van der Waals surface area contributed by atoms with Crippen molar-refractivity contribution in [2.75, 3.05) is 19.0 Å². The molecule has 1 aliphatic carbocycles. The monoisotopic (exact) mass is 331 g/mol. The number of nitrogens with one attached hydrogen (secondary N) is 2. The maximum Gasteiger partial charge on any atom is 0.325 e. The first-order chi connectivity index (χ1) is 11.5. The van der Waals surface area contributed by atoms with Crippen molar-refractivity contribution >= 4 is 23.5 Å². The van der Waals surface area contributed by atoms with Crippen LogP contribution in [0.3, 0.4) is 0 Å². The van der Waals surface area contributed by atoms with Crippen molar-refractivity contribution in [1.29, 1.82) is 0 Å². The van der Waals surface area contributed by atoms with E-state index in [-0.39, 0.29) is 12.5 Å². The number of imide groups is 1.